The summed E-state index contributed by atoms with van der Waals surface area (Å²) in [5.41, 5.74) is 0.123. The van der Waals surface area contributed by atoms with Crippen molar-refractivity contribution in [2.24, 2.45) is 5.41 Å². The quantitative estimate of drug-likeness (QED) is 0.732. The summed E-state index contributed by atoms with van der Waals surface area (Å²) in [6.45, 7) is 3.81. The van der Waals surface area contributed by atoms with Crippen LogP contribution in [0.2, 0.25) is 0 Å². The number of nitrogens with one attached hydrogen (secondary N) is 1. The molecule has 0 aromatic heterocycles. The van der Waals surface area contributed by atoms with Gasteiger partial charge < -0.3 is 9.47 Å². The molecule has 0 aliphatic carbocycles. The fourth-order valence-corrected chi connectivity index (χ4v) is 4.21. The van der Waals surface area contributed by atoms with Gasteiger partial charge in [0.1, 0.15) is 0 Å². The SMILES string of the molecule is O=S(=O)(N[C@@H]1CCCOC1)N1CC2(COC2)C1. The van der Waals surface area contributed by atoms with Crippen LogP contribution in [0.25, 0.3) is 0 Å². The molecule has 3 heterocycles. The van der Waals surface area contributed by atoms with Crippen LogP contribution in [-0.2, 0) is 19.7 Å². The first kappa shape index (κ1) is 11.9. The number of nitrogens with zero attached hydrogens (tertiary/aromatic N) is 1. The topological polar surface area (TPSA) is 67.9 Å². The van der Waals surface area contributed by atoms with E-state index in [9.17, 15) is 8.42 Å². The summed E-state index contributed by atoms with van der Waals surface area (Å²) in [6, 6.07) is -0.0667. The van der Waals surface area contributed by atoms with Gasteiger partial charge in [0, 0.05) is 31.2 Å². The van der Waals surface area contributed by atoms with Gasteiger partial charge in [-0.05, 0) is 12.8 Å². The minimum absolute atomic E-state index is 0.0667. The van der Waals surface area contributed by atoms with Gasteiger partial charge in [-0.3, -0.25) is 0 Å². The maximum absolute atomic E-state index is 12.0. The van der Waals surface area contributed by atoms with Crippen molar-refractivity contribution in [1.29, 1.82) is 0 Å². The summed E-state index contributed by atoms with van der Waals surface area (Å²) < 4.78 is 38.7. The van der Waals surface area contributed by atoms with Crippen LogP contribution in [0.1, 0.15) is 12.8 Å². The van der Waals surface area contributed by atoms with Crippen molar-refractivity contribution >= 4 is 10.2 Å². The molecule has 0 radical (unpaired) electrons. The Balaban J connectivity index is 1.54. The van der Waals surface area contributed by atoms with Crippen LogP contribution in [0.3, 0.4) is 0 Å². The van der Waals surface area contributed by atoms with Gasteiger partial charge in [0.15, 0.2) is 0 Å². The van der Waals surface area contributed by atoms with Crippen LogP contribution in [-0.4, -0.2) is 58.3 Å². The molecule has 0 unspecified atom stereocenters. The molecule has 3 aliphatic heterocycles. The van der Waals surface area contributed by atoms with E-state index in [0.29, 0.717) is 32.9 Å². The molecule has 0 amide bonds. The zero-order valence-electron chi connectivity index (χ0n) is 9.72. The molecule has 0 saturated carbocycles. The molecule has 1 spiro atoms. The second-order valence-electron chi connectivity index (χ2n) is 5.30. The standard InChI is InChI=1S/C10H18N2O4S/c13-17(14,11-9-2-1-3-15-4-9)12-5-10(6-12)7-16-8-10/h9,11H,1-8H2/t9-/m1/s1. The first-order valence-electron chi connectivity index (χ1n) is 6.03. The van der Waals surface area contributed by atoms with E-state index in [0.717, 1.165) is 19.4 Å². The van der Waals surface area contributed by atoms with Gasteiger partial charge >= 0.3 is 0 Å². The molecule has 3 saturated heterocycles. The molecule has 1 N–H and O–H groups in total. The normalized spacial score (nSPS) is 33.1. The average molecular weight is 262 g/mol. The molecule has 7 heteroatoms. The Labute approximate surface area is 101 Å². The molecule has 0 aromatic rings. The van der Waals surface area contributed by atoms with Crippen LogP contribution >= 0.6 is 0 Å². The third-order valence-corrected chi connectivity index (χ3v) is 5.23. The zero-order valence-corrected chi connectivity index (χ0v) is 10.5. The highest BCUT2D eigenvalue weighted by Crippen LogP contribution is 2.38. The van der Waals surface area contributed by atoms with E-state index >= 15 is 0 Å². The van der Waals surface area contributed by atoms with Gasteiger partial charge in [0.25, 0.3) is 10.2 Å². The van der Waals surface area contributed by atoms with Crippen molar-refractivity contribution in [3.63, 3.8) is 0 Å². The third kappa shape index (κ3) is 2.22. The van der Waals surface area contributed by atoms with Crippen LogP contribution < -0.4 is 4.72 Å². The number of hydrogen-bond donors (Lipinski definition) is 1. The van der Waals surface area contributed by atoms with Gasteiger partial charge in [-0.2, -0.15) is 17.4 Å². The average Bonchev–Trinajstić information content (AvgIpc) is 2.13. The van der Waals surface area contributed by atoms with Crippen LogP contribution in [0, 0.1) is 5.41 Å². The molecule has 1 atom stereocenters. The maximum Gasteiger partial charge on any atom is 0.279 e. The predicted molar refractivity (Wildman–Crippen MR) is 60.7 cm³/mol. The van der Waals surface area contributed by atoms with E-state index < -0.39 is 10.2 Å². The Morgan fingerprint density at radius 2 is 2.00 bits per heavy atom. The van der Waals surface area contributed by atoms with Crippen molar-refractivity contribution in [2.45, 2.75) is 18.9 Å². The molecule has 98 valence electrons. The molecular weight excluding hydrogens is 244 g/mol. The summed E-state index contributed by atoms with van der Waals surface area (Å²) in [7, 11) is -3.32. The molecule has 17 heavy (non-hydrogen) atoms. The highest BCUT2D eigenvalue weighted by atomic mass is 32.2. The van der Waals surface area contributed by atoms with Crippen molar-refractivity contribution in [2.75, 3.05) is 39.5 Å². The van der Waals surface area contributed by atoms with Gasteiger partial charge in [-0.25, -0.2) is 0 Å². The number of ether oxygens (including phenoxy) is 2. The molecule has 0 aromatic carbocycles. The molecule has 3 aliphatic rings. The summed E-state index contributed by atoms with van der Waals surface area (Å²) in [5.74, 6) is 0. The van der Waals surface area contributed by atoms with Crippen molar-refractivity contribution in [1.82, 2.24) is 9.03 Å². The highest BCUT2D eigenvalue weighted by molar-refractivity contribution is 7.87. The minimum atomic E-state index is -3.32. The summed E-state index contributed by atoms with van der Waals surface area (Å²) in [4.78, 5) is 0. The maximum atomic E-state index is 12.0. The van der Waals surface area contributed by atoms with Crippen molar-refractivity contribution < 1.29 is 17.9 Å². The van der Waals surface area contributed by atoms with E-state index in [4.69, 9.17) is 9.47 Å². The lowest BCUT2D eigenvalue weighted by atomic mass is 9.80. The van der Waals surface area contributed by atoms with E-state index in [2.05, 4.69) is 4.72 Å². The molecule has 6 nitrogen and oxygen atoms in total. The Hall–Kier alpha value is -0.210. The predicted octanol–water partition coefficient (Wildman–Crippen LogP) is -0.668. The Bertz CT molecular complexity index is 379. The van der Waals surface area contributed by atoms with E-state index in [1.807, 2.05) is 0 Å². The van der Waals surface area contributed by atoms with Gasteiger partial charge in [0.05, 0.1) is 19.8 Å². The summed E-state index contributed by atoms with van der Waals surface area (Å²) in [6.07, 6.45) is 1.78. The van der Waals surface area contributed by atoms with Gasteiger partial charge in [-0.1, -0.05) is 0 Å². The third-order valence-electron chi connectivity index (χ3n) is 3.66. The first-order valence-corrected chi connectivity index (χ1v) is 7.47. The Morgan fingerprint density at radius 3 is 2.53 bits per heavy atom. The monoisotopic (exact) mass is 262 g/mol. The fraction of sp³-hybridized carbons (Fsp3) is 1.00. The lowest BCUT2D eigenvalue weighted by molar-refractivity contribution is -0.167. The smallest absolute Gasteiger partial charge is 0.279 e. The van der Waals surface area contributed by atoms with E-state index in [-0.39, 0.29) is 11.5 Å². The Kier molecular flexibility index (Phi) is 2.91. The van der Waals surface area contributed by atoms with Crippen LogP contribution in [0.4, 0.5) is 0 Å². The van der Waals surface area contributed by atoms with Crippen molar-refractivity contribution in [3.8, 4) is 0 Å². The minimum Gasteiger partial charge on any atom is -0.380 e. The van der Waals surface area contributed by atoms with E-state index in [1.165, 1.54) is 4.31 Å². The largest absolute Gasteiger partial charge is 0.380 e. The number of hydrogen-bond acceptors (Lipinski definition) is 4. The Morgan fingerprint density at radius 1 is 1.24 bits per heavy atom. The summed E-state index contributed by atoms with van der Waals surface area (Å²) in [5, 5.41) is 0. The highest BCUT2D eigenvalue weighted by Gasteiger charge is 2.53. The fourth-order valence-electron chi connectivity index (χ4n) is 2.56. The molecule has 3 rings (SSSR count). The molecule has 3 fully saturated rings. The lowest BCUT2D eigenvalue weighted by Crippen LogP contribution is -2.69. The second kappa shape index (κ2) is 4.17. The van der Waals surface area contributed by atoms with Crippen LogP contribution in [0.5, 0.6) is 0 Å². The molecular formula is C10H18N2O4S. The first-order chi connectivity index (χ1) is 8.10. The van der Waals surface area contributed by atoms with Crippen LogP contribution in [0.15, 0.2) is 0 Å². The summed E-state index contributed by atoms with van der Waals surface area (Å²) >= 11 is 0. The van der Waals surface area contributed by atoms with Gasteiger partial charge in [0.2, 0.25) is 0 Å². The van der Waals surface area contributed by atoms with Crippen molar-refractivity contribution in [3.05, 3.63) is 0 Å². The van der Waals surface area contributed by atoms with Gasteiger partial charge in [-0.15, -0.1) is 0 Å². The molecule has 0 bridgehead atoms. The lowest BCUT2D eigenvalue weighted by Gasteiger charge is -2.54. The number of rotatable bonds is 3. The zero-order chi connectivity index (χ0) is 11.9. The van der Waals surface area contributed by atoms with E-state index in [1.54, 1.807) is 0 Å². The second-order valence-corrected chi connectivity index (χ2v) is 7.00.